The number of benzene rings is 1. The molecule has 1 aromatic carbocycles. The summed E-state index contributed by atoms with van der Waals surface area (Å²) in [5, 5.41) is -0.296. The Balaban J connectivity index is 2.19. The van der Waals surface area contributed by atoms with E-state index in [1.165, 1.54) is 7.11 Å². The third-order valence-electron chi connectivity index (χ3n) is 3.74. The molecule has 6 heteroatoms. The topological polar surface area (TPSA) is 81.4 Å². The second kappa shape index (κ2) is 6.45. The molecule has 0 unspecified atom stereocenters. The normalized spacial score (nSPS) is 16.9. The van der Waals surface area contributed by atoms with Crippen molar-refractivity contribution in [1.29, 1.82) is 0 Å². The Morgan fingerprint density at radius 2 is 2.00 bits per heavy atom. The monoisotopic (exact) mass is 298 g/mol. The fourth-order valence-corrected chi connectivity index (χ4v) is 4.15. The van der Waals surface area contributed by atoms with Gasteiger partial charge < -0.3 is 10.5 Å². The summed E-state index contributed by atoms with van der Waals surface area (Å²) in [4.78, 5) is 0. The van der Waals surface area contributed by atoms with E-state index < -0.39 is 10.0 Å². The van der Waals surface area contributed by atoms with Gasteiger partial charge in [-0.05, 0) is 30.5 Å². The van der Waals surface area contributed by atoms with Crippen molar-refractivity contribution in [3.8, 4) is 5.75 Å². The SMILES string of the molecule is COc1cc(CN)ccc1NS(=O)(=O)C1CCCCC1. The zero-order chi connectivity index (χ0) is 14.6. The molecule has 0 atom stereocenters. The van der Waals surface area contributed by atoms with Crippen molar-refractivity contribution in [3.05, 3.63) is 23.8 Å². The molecule has 5 nitrogen and oxygen atoms in total. The Labute approximate surface area is 120 Å². The minimum atomic E-state index is -3.35. The Morgan fingerprint density at radius 1 is 1.30 bits per heavy atom. The molecule has 0 aliphatic heterocycles. The molecular formula is C14H22N2O3S. The van der Waals surface area contributed by atoms with Gasteiger partial charge in [-0.1, -0.05) is 25.3 Å². The molecule has 0 bridgehead atoms. The van der Waals surface area contributed by atoms with Crippen LogP contribution in [0.5, 0.6) is 5.75 Å². The average molecular weight is 298 g/mol. The molecule has 0 spiro atoms. The molecule has 0 heterocycles. The first-order chi connectivity index (χ1) is 9.56. The fourth-order valence-electron chi connectivity index (χ4n) is 2.56. The molecule has 0 amide bonds. The van der Waals surface area contributed by atoms with E-state index in [0.29, 0.717) is 18.0 Å². The lowest BCUT2D eigenvalue weighted by Gasteiger charge is -2.23. The molecule has 1 fully saturated rings. The minimum Gasteiger partial charge on any atom is -0.495 e. The van der Waals surface area contributed by atoms with E-state index in [4.69, 9.17) is 10.5 Å². The van der Waals surface area contributed by atoms with Gasteiger partial charge in [0, 0.05) is 6.54 Å². The molecule has 3 N–H and O–H groups in total. The number of methoxy groups -OCH3 is 1. The smallest absolute Gasteiger partial charge is 0.235 e. The van der Waals surface area contributed by atoms with E-state index in [9.17, 15) is 8.42 Å². The Bertz CT molecular complexity index is 552. The summed E-state index contributed by atoms with van der Waals surface area (Å²) >= 11 is 0. The quantitative estimate of drug-likeness (QED) is 0.873. The van der Waals surface area contributed by atoms with Crippen LogP contribution in [0.1, 0.15) is 37.7 Å². The zero-order valence-corrected chi connectivity index (χ0v) is 12.6. The summed E-state index contributed by atoms with van der Waals surface area (Å²) < 4.78 is 32.7. The molecular weight excluding hydrogens is 276 g/mol. The summed E-state index contributed by atoms with van der Waals surface area (Å²) in [7, 11) is -1.83. The van der Waals surface area contributed by atoms with Gasteiger partial charge in [0.25, 0.3) is 0 Å². The van der Waals surface area contributed by atoms with Crippen LogP contribution in [0.15, 0.2) is 18.2 Å². The molecule has 0 aromatic heterocycles. The van der Waals surface area contributed by atoms with E-state index >= 15 is 0 Å². The second-order valence-corrected chi connectivity index (χ2v) is 7.11. The van der Waals surface area contributed by atoms with E-state index in [1.807, 2.05) is 0 Å². The zero-order valence-electron chi connectivity index (χ0n) is 11.8. The van der Waals surface area contributed by atoms with E-state index in [1.54, 1.807) is 18.2 Å². The van der Waals surface area contributed by atoms with Crippen molar-refractivity contribution in [1.82, 2.24) is 0 Å². The standard InChI is InChI=1S/C14H22N2O3S/c1-19-14-9-11(10-15)7-8-13(14)16-20(17,18)12-5-3-2-4-6-12/h7-9,12,16H,2-6,10,15H2,1H3. The lowest BCUT2D eigenvalue weighted by molar-refractivity contribution is 0.416. The summed E-state index contributed by atoms with van der Waals surface area (Å²) in [6.07, 6.45) is 4.56. The van der Waals surface area contributed by atoms with Crippen molar-refractivity contribution in [2.45, 2.75) is 43.9 Å². The van der Waals surface area contributed by atoms with E-state index in [2.05, 4.69) is 4.72 Å². The molecule has 1 aliphatic rings. The van der Waals surface area contributed by atoms with Crippen LogP contribution in [0.4, 0.5) is 5.69 Å². The van der Waals surface area contributed by atoms with Crippen LogP contribution >= 0.6 is 0 Å². The highest BCUT2D eigenvalue weighted by Crippen LogP contribution is 2.30. The van der Waals surface area contributed by atoms with Crippen LogP contribution < -0.4 is 15.2 Å². The van der Waals surface area contributed by atoms with Crippen LogP contribution in [0.25, 0.3) is 0 Å². The van der Waals surface area contributed by atoms with Crippen molar-refractivity contribution < 1.29 is 13.2 Å². The highest BCUT2D eigenvalue weighted by Gasteiger charge is 2.27. The molecule has 1 aliphatic carbocycles. The van der Waals surface area contributed by atoms with Crippen molar-refractivity contribution in [2.24, 2.45) is 5.73 Å². The number of nitrogens with one attached hydrogen (secondary N) is 1. The second-order valence-electron chi connectivity index (χ2n) is 5.15. The van der Waals surface area contributed by atoms with Gasteiger partial charge in [-0.25, -0.2) is 8.42 Å². The van der Waals surface area contributed by atoms with Gasteiger partial charge in [0.15, 0.2) is 0 Å². The minimum absolute atomic E-state index is 0.296. The molecule has 0 saturated heterocycles. The van der Waals surface area contributed by atoms with Crippen LogP contribution in [0, 0.1) is 0 Å². The first-order valence-electron chi connectivity index (χ1n) is 6.95. The van der Waals surface area contributed by atoms with Gasteiger partial charge >= 0.3 is 0 Å². The number of ether oxygens (including phenoxy) is 1. The van der Waals surface area contributed by atoms with E-state index in [0.717, 1.165) is 37.7 Å². The third kappa shape index (κ3) is 3.43. The number of nitrogens with two attached hydrogens (primary N) is 1. The molecule has 1 saturated carbocycles. The highest BCUT2D eigenvalue weighted by molar-refractivity contribution is 7.93. The van der Waals surface area contributed by atoms with Gasteiger partial charge in [-0.3, -0.25) is 4.72 Å². The predicted molar refractivity (Wildman–Crippen MR) is 80.3 cm³/mol. The molecule has 112 valence electrons. The van der Waals surface area contributed by atoms with Gasteiger partial charge in [0.1, 0.15) is 5.75 Å². The maximum Gasteiger partial charge on any atom is 0.235 e. The predicted octanol–water partition coefficient (Wildman–Crippen LogP) is 2.23. The maximum absolute atomic E-state index is 12.4. The van der Waals surface area contributed by atoms with Crippen molar-refractivity contribution >= 4 is 15.7 Å². The number of hydrogen-bond acceptors (Lipinski definition) is 4. The summed E-state index contributed by atoms with van der Waals surface area (Å²) in [6, 6.07) is 5.28. The summed E-state index contributed by atoms with van der Waals surface area (Å²) in [5.41, 5.74) is 6.96. The Morgan fingerprint density at radius 3 is 2.60 bits per heavy atom. The largest absolute Gasteiger partial charge is 0.495 e. The summed E-state index contributed by atoms with van der Waals surface area (Å²) in [6.45, 7) is 0.395. The number of sulfonamides is 1. The third-order valence-corrected chi connectivity index (χ3v) is 5.60. The van der Waals surface area contributed by atoms with Crippen molar-refractivity contribution in [3.63, 3.8) is 0 Å². The van der Waals surface area contributed by atoms with Crippen LogP contribution in [0.3, 0.4) is 0 Å². The first-order valence-corrected chi connectivity index (χ1v) is 8.50. The molecule has 1 aromatic rings. The first kappa shape index (κ1) is 15.1. The van der Waals surface area contributed by atoms with Crippen LogP contribution in [-0.2, 0) is 16.6 Å². The Hall–Kier alpha value is -1.27. The number of anilines is 1. The van der Waals surface area contributed by atoms with Crippen molar-refractivity contribution in [2.75, 3.05) is 11.8 Å². The van der Waals surface area contributed by atoms with Gasteiger partial charge in [0.05, 0.1) is 18.0 Å². The van der Waals surface area contributed by atoms with Crippen LogP contribution in [-0.4, -0.2) is 20.8 Å². The van der Waals surface area contributed by atoms with E-state index in [-0.39, 0.29) is 5.25 Å². The average Bonchev–Trinajstić information content (AvgIpc) is 2.48. The Kier molecular flexibility index (Phi) is 4.88. The van der Waals surface area contributed by atoms with Gasteiger partial charge in [0.2, 0.25) is 10.0 Å². The number of rotatable bonds is 5. The molecule has 0 radical (unpaired) electrons. The lowest BCUT2D eigenvalue weighted by atomic mass is 10.0. The van der Waals surface area contributed by atoms with Gasteiger partial charge in [-0.15, -0.1) is 0 Å². The fraction of sp³-hybridized carbons (Fsp3) is 0.571. The maximum atomic E-state index is 12.4. The summed E-state index contributed by atoms with van der Waals surface area (Å²) in [5.74, 6) is 0.507. The molecule has 20 heavy (non-hydrogen) atoms. The van der Waals surface area contributed by atoms with Gasteiger partial charge in [-0.2, -0.15) is 0 Å². The van der Waals surface area contributed by atoms with Crippen LogP contribution in [0.2, 0.25) is 0 Å². The lowest BCUT2D eigenvalue weighted by Crippen LogP contribution is -2.29. The highest BCUT2D eigenvalue weighted by atomic mass is 32.2. The molecule has 2 rings (SSSR count). The number of hydrogen-bond donors (Lipinski definition) is 2.